The third kappa shape index (κ3) is 3.33. The fourth-order valence-corrected chi connectivity index (χ4v) is 2.33. The fourth-order valence-electron chi connectivity index (χ4n) is 1.63. The number of hydrogen-bond acceptors (Lipinski definition) is 3. The molecule has 0 spiro atoms. The molecular formula is C14H14O4S. The zero-order valence-electron chi connectivity index (χ0n) is 10.6. The first-order chi connectivity index (χ1) is 8.86. The lowest BCUT2D eigenvalue weighted by atomic mass is 10.2. The van der Waals surface area contributed by atoms with Gasteiger partial charge in [-0.2, -0.15) is 8.42 Å². The first kappa shape index (κ1) is 13.6. The maximum Gasteiger partial charge on any atom is 0.298 e. The molecule has 5 heteroatoms. The van der Waals surface area contributed by atoms with Gasteiger partial charge >= 0.3 is 0 Å². The molecule has 2 aromatic carbocycles. The number of rotatable bonds is 3. The van der Waals surface area contributed by atoms with Crippen LogP contribution in [0, 0.1) is 13.8 Å². The number of ether oxygens (including phenoxy) is 1. The van der Waals surface area contributed by atoms with Crippen LogP contribution in [0.5, 0.6) is 11.5 Å². The van der Waals surface area contributed by atoms with Gasteiger partial charge in [-0.05, 0) is 43.7 Å². The van der Waals surface area contributed by atoms with E-state index in [0.29, 0.717) is 5.75 Å². The number of benzene rings is 2. The van der Waals surface area contributed by atoms with Crippen LogP contribution < -0.4 is 4.74 Å². The van der Waals surface area contributed by atoms with Gasteiger partial charge in [0.25, 0.3) is 10.1 Å². The Morgan fingerprint density at radius 3 is 2.11 bits per heavy atom. The molecule has 0 atom stereocenters. The van der Waals surface area contributed by atoms with Crippen molar-refractivity contribution in [3.8, 4) is 11.5 Å². The van der Waals surface area contributed by atoms with E-state index in [4.69, 9.17) is 4.74 Å². The fraction of sp³-hybridized carbons (Fsp3) is 0.143. The minimum absolute atomic E-state index is 0.108. The molecule has 0 heterocycles. The van der Waals surface area contributed by atoms with Crippen LogP contribution in [0.1, 0.15) is 11.1 Å². The molecular weight excluding hydrogens is 264 g/mol. The van der Waals surface area contributed by atoms with Crippen LogP contribution in [-0.2, 0) is 10.1 Å². The highest BCUT2D eigenvalue weighted by molar-refractivity contribution is 7.86. The quantitative estimate of drug-likeness (QED) is 0.874. The Morgan fingerprint density at radius 1 is 0.947 bits per heavy atom. The Hall–Kier alpha value is -1.85. The van der Waals surface area contributed by atoms with Gasteiger partial charge < -0.3 is 4.74 Å². The van der Waals surface area contributed by atoms with E-state index < -0.39 is 10.1 Å². The van der Waals surface area contributed by atoms with E-state index in [2.05, 4.69) is 0 Å². The van der Waals surface area contributed by atoms with Gasteiger partial charge in [-0.1, -0.05) is 23.8 Å². The van der Waals surface area contributed by atoms with Crippen molar-refractivity contribution in [1.29, 1.82) is 0 Å². The summed E-state index contributed by atoms with van der Waals surface area (Å²) < 4.78 is 37.4. The van der Waals surface area contributed by atoms with Crippen LogP contribution in [0.25, 0.3) is 0 Å². The SMILES string of the molecule is Cc1ccc(Oc2ccc(C)cc2S(=O)(=O)O)cc1. The highest BCUT2D eigenvalue weighted by atomic mass is 32.2. The molecule has 2 rings (SSSR count). The van der Waals surface area contributed by atoms with Crippen LogP contribution in [0.15, 0.2) is 47.4 Å². The van der Waals surface area contributed by atoms with Crippen molar-refractivity contribution in [2.24, 2.45) is 0 Å². The molecule has 0 saturated carbocycles. The molecule has 0 aromatic heterocycles. The summed E-state index contributed by atoms with van der Waals surface area (Å²) in [6.45, 7) is 3.68. The molecule has 2 aromatic rings. The molecule has 0 unspecified atom stereocenters. The predicted octanol–water partition coefficient (Wildman–Crippen LogP) is 3.34. The Bertz CT molecular complexity index is 688. The number of hydrogen-bond donors (Lipinski definition) is 1. The second-order valence-electron chi connectivity index (χ2n) is 4.34. The Morgan fingerprint density at radius 2 is 1.53 bits per heavy atom. The summed E-state index contributed by atoms with van der Waals surface area (Å²) in [5.74, 6) is 0.622. The molecule has 0 saturated heterocycles. The Labute approximate surface area is 112 Å². The lowest BCUT2D eigenvalue weighted by molar-refractivity contribution is 0.449. The summed E-state index contributed by atoms with van der Waals surface area (Å²) in [4.78, 5) is -0.229. The van der Waals surface area contributed by atoms with E-state index in [1.807, 2.05) is 19.1 Å². The topological polar surface area (TPSA) is 63.6 Å². The summed E-state index contributed by atoms with van der Waals surface area (Å²) in [6.07, 6.45) is 0. The molecule has 0 aliphatic rings. The van der Waals surface area contributed by atoms with Gasteiger partial charge in [-0.15, -0.1) is 0 Å². The van der Waals surface area contributed by atoms with E-state index in [0.717, 1.165) is 11.1 Å². The lowest BCUT2D eigenvalue weighted by Crippen LogP contribution is -2.01. The Kier molecular flexibility index (Phi) is 3.59. The average Bonchev–Trinajstić information content (AvgIpc) is 2.33. The van der Waals surface area contributed by atoms with Crippen LogP contribution >= 0.6 is 0 Å². The summed E-state index contributed by atoms with van der Waals surface area (Å²) in [5, 5.41) is 0. The van der Waals surface area contributed by atoms with Crippen LogP contribution in [0.4, 0.5) is 0 Å². The van der Waals surface area contributed by atoms with E-state index in [1.54, 1.807) is 25.1 Å². The average molecular weight is 278 g/mol. The van der Waals surface area contributed by atoms with Gasteiger partial charge in [0.15, 0.2) is 0 Å². The van der Waals surface area contributed by atoms with Crippen molar-refractivity contribution in [3.63, 3.8) is 0 Å². The normalized spacial score (nSPS) is 11.3. The third-order valence-corrected chi connectivity index (χ3v) is 3.50. The smallest absolute Gasteiger partial charge is 0.298 e. The Balaban J connectivity index is 2.43. The van der Waals surface area contributed by atoms with Gasteiger partial charge in [0.05, 0.1) is 0 Å². The van der Waals surface area contributed by atoms with E-state index in [-0.39, 0.29) is 10.6 Å². The van der Waals surface area contributed by atoms with E-state index >= 15 is 0 Å². The summed E-state index contributed by atoms with van der Waals surface area (Å²) in [7, 11) is -4.31. The van der Waals surface area contributed by atoms with Gasteiger partial charge in [0.2, 0.25) is 0 Å². The first-order valence-corrected chi connectivity index (χ1v) is 7.13. The lowest BCUT2D eigenvalue weighted by Gasteiger charge is -2.10. The van der Waals surface area contributed by atoms with Gasteiger partial charge in [-0.25, -0.2) is 0 Å². The van der Waals surface area contributed by atoms with Crippen LogP contribution in [0.3, 0.4) is 0 Å². The molecule has 0 bridgehead atoms. The molecule has 1 N–H and O–H groups in total. The van der Waals surface area contributed by atoms with Crippen molar-refractivity contribution in [2.45, 2.75) is 18.7 Å². The summed E-state index contributed by atoms with van der Waals surface area (Å²) >= 11 is 0. The highest BCUT2D eigenvalue weighted by Crippen LogP contribution is 2.29. The molecule has 4 nitrogen and oxygen atoms in total. The third-order valence-electron chi connectivity index (χ3n) is 2.63. The molecule has 0 amide bonds. The molecule has 100 valence electrons. The maximum atomic E-state index is 11.3. The number of aryl methyl sites for hydroxylation is 2. The zero-order valence-corrected chi connectivity index (χ0v) is 11.4. The summed E-state index contributed by atoms with van der Waals surface area (Å²) in [6, 6.07) is 11.8. The van der Waals surface area contributed by atoms with Gasteiger partial charge in [0, 0.05) is 0 Å². The second-order valence-corrected chi connectivity index (χ2v) is 5.73. The van der Waals surface area contributed by atoms with E-state index in [1.165, 1.54) is 12.1 Å². The van der Waals surface area contributed by atoms with Gasteiger partial charge in [0.1, 0.15) is 16.4 Å². The molecule has 0 aliphatic heterocycles. The van der Waals surface area contributed by atoms with Crippen molar-refractivity contribution in [1.82, 2.24) is 0 Å². The van der Waals surface area contributed by atoms with Crippen molar-refractivity contribution in [3.05, 3.63) is 53.6 Å². The predicted molar refractivity (Wildman–Crippen MR) is 72.2 cm³/mol. The minimum atomic E-state index is -4.31. The van der Waals surface area contributed by atoms with Crippen LogP contribution in [-0.4, -0.2) is 13.0 Å². The molecule has 19 heavy (non-hydrogen) atoms. The van der Waals surface area contributed by atoms with Crippen molar-refractivity contribution < 1.29 is 17.7 Å². The zero-order chi connectivity index (χ0) is 14.0. The minimum Gasteiger partial charge on any atom is -0.456 e. The second kappa shape index (κ2) is 5.03. The molecule has 0 radical (unpaired) electrons. The first-order valence-electron chi connectivity index (χ1n) is 5.69. The molecule has 0 aliphatic carbocycles. The van der Waals surface area contributed by atoms with Crippen molar-refractivity contribution in [2.75, 3.05) is 0 Å². The van der Waals surface area contributed by atoms with Crippen molar-refractivity contribution >= 4 is 10.1 Å². The monoisotopic (exact) mass is 278 g/mol. The highest BCUT2D eigenvalue weighted by Gasteiger charge is 2.17. The molecule has 0 fully saturated rings. The standard InChI is InChI=1S/C14H14O4S/c1-10-3-6-12(7-4-10)18-13-8-5-11(2)9-14(13)19(15,16)17/h3-9H,1-2H3,(H,15,16,17). The van der Waals surface area contributed by atoms with Gasteiger partial charge in [-0.3, -0.25) is 4.55 Å². The van der Waals surface area contributed by atoms with E-state index in [9.17, 15) is 13.0 Å². The summed E-state index contributed by atoms with van der Waals surface area (Å²) in [5.41, 5.74) is 1.80. The van der Waals surface area contributed by atoms with Crippen LogP contribution in [0.2, 0.25) is 0 Å². The largest absolute Gasteiger partial charge is 0.456 e. The maximum absolute atomic E-state index is 11.3.